The van der Waals surface area contributed by atoms with Crippen LogP contribution in [0.2, 0.25) is 0 Å². The molecular formula is C18H23NO2. The van der Waals surface area contributed by atoms with Gasteiger partial charge in [-0.25, -0.2) is 0 Å². The third-order valence-electron chi connectivity index (χ3n) is 4.41. The van der Waals surface area contributed by atoms with E-state index in [0.29, 0.717) is 5.92 Å². The number of aliphatic hydroxyl groups excluding tert-OH is 1. The maximum atomic E-state index is 12.8. The summed E-state index contributed by atoms with van der Waals surface area (Å²) in [4.78, 5) is 14.8. The van der Waals surface area contributed by atoms with E-state index in [9.17, 15) is 4.79 Å². The van der Waals surface area contributed by atoms with Gasteiger partial charge in [-0.05, 0) is 50.3 Å². The molecule has 0 aromatic heterocycles. The Hall–Kier alpha value is -1.79. The standard InChI is InChI=1S/C18H23NO2/c1-13-6-4-10-19(15(13)3)18(21)17-12-16(7-5-11-20)9-8-14(17)2/h8-9,12-13,15,20H,4,6,10-11H2,1-3H3. The van der Waals surface area contributed by atoms with Crippen molar-refractivity contribution in [2.45, 2.75) is 39.7 Å². The van der Waals surface area contributed by atoms with Crippen molar-refractivity contribution < 1.29 is 9.90 Å². The van der Waals surface area contributed by atoms with Crippen molar-refractivity contribution >= 4 is 5.91 Å². The van der Waals surface area contributed by atoms with Crippen LogP contribution in [0.25, 0.3) is 0 Å². The van der Waals surface area contributed by atoms with Crippen molar-refractivity contribution in [3.8, 4) is 11.8 Å². The monoisotopic (exact) mass is 285 g/mol. The minimum Gasteiger partial charge on any atom is -0.384 e. The molecule has 1 heterocycles. The number of likely N-dealkylation sites (tertiary alicyclic amines) is 1. The number of aryl methyl sites for hydroxylation is 1. The molecule has 3 heteroatoms. The quantitative estimate of drug-likeness (QED) is 0.806. The van der Waals surface area contributed by atoms with Crippen LogP contribution in [0.1, 0.15) is 48.2 Å². The van der Waals surface area contributed by atoms with E-state index >= 15 is 0 Å². The van der Waals surface area contributed by atoms with Crippen LogP contribution in [-0.2, 0) is 0 Å². The summed E-state index contributed by atoms with van der Waals surface area (Å²) in [5.74, 6) is 6.13. The highest BCUT2D eigenvalue weighted by atomic mass is 16.2. The van der Waals surface area contributed by atoms with Crippen LogP contribution in [0, 0.1) is 24.7 Å². The molecule has 112 valence electrons. The summed E-state index contributed by atoms with van der Waals surface area (Å²) in [6, 6.07) is 5.92. The lowest BCUT2D eigenvalue weighted by molar-refractivity contribution is 0.0550. The van der Waals surface area contributed by atoms with Gasteiger partial charge in [-0.1, -0.05) is 24.8 Å². The molecule has 0 radical (unpaired) electrons. The molecule has 1 amide bonds. The fourth-order valence-corrected chi connectivity index (χ4v) is 2.85. The van der Waals surface area contributed by atoms with Crippen LogP contribution >= 0.6 is 0 Å². The Morgan fingerprint density at radius 2 is 2.19 bits per heavy atom. The molecule has 2 rings (SSSR count). The van der Waals surface area contributed by atoms with Crippen molar-refractivity contribution in [1.82, 2.24) is 4.90 Å². The molecule has 0 saturated carbocycles. The molecule has 3 nitrogen and oxygen atoms in total. The number of benzene rings is 1. The number of amides is 1. The molecule has 1 aliphatic rings. The van der Waals surface area contributed by atoms with Gasteiger partial charge in [0.05, 0.1) is 0 Å². The first-order valence-corrected chi connectivity index (χ1v) is 7.56. The average Bonchev–Trinajstić information content (AvgIpc) is 2.48. The van der Waals surface area contributed by atoms with E-state index in [0.717, 1.165) is 29.7 Å². The molecule has 1 aromatic rings. The fourth-order valence-electron chi connectivity index (χ4n) is 2.85. The molecule has 1 N–H and O–H groups in total. The van der Waals surface area contributed by atoms with Gasteiger partial charge in [-0.3, -0.25) is 4.79 Å². The second kappa shape index (κ2) is 6.78. The molecule has 1 fully saturated rings. The number of nitrogens with zero attached hydrogens (tertiary/aromatic N) is 1. The van der Waals surface area contributed by atoms with Crippen molar-refractivity contribution in [3.05, 3.63) is 34.9 Å². The lowest BCUT2D eigenvalue weighted by Crippen LogP contribution is -2.46. The van der Waals surface area contributed by atoms with Crippen LogP contribution in [0.3, 0.4) is 0 Å². The van der Waals surface area contributed by atoms with E-state index in [1.54, 1.807) is 0 Å². The van der Waals surface area contributed by atoms with Gasteiger partial charge >= 0.3 is 0 Å². The fraction of sp³-hybridized carbons (Fsp3) is 0.500. The van der Waals surface area contributed by atoms with Crippen molar-refractivity contribution in [2.75, 3.05) is 13.2 Å². The number of piperidine rings is 1. The van der Waals surface area contributed by atoms with E-state index in [1.165, 1.54) is 6.42 Å². The average molecular weight is 285 g/mol. The predicted octanol–water partition coefficient (Wildman–Crippen LogP) is 2.60. The molecule has 2 unspecified atom stereocenters. The highest BCUT2D eigenvalue weighted by Crippen LogP contribution is 2.25. The maximum absolute atomic E-state index is 12.8. The van der Waals surface area contributed by atoms with Gasteiger partial charge in [-0.15, -0.1) is 0 Å². The number of rotatable bonds is 1. The van der Waals surface area contributed by atoms with Gasteiger partial charge < -0.3 is 10.0 Å². The van der Waals surface area contributed by atoms with E-state index in [2.05, 4.69) is 25.7 Å². The number of hydrogen-bond donors (Lipinski definition) is 1. The second-order valence-electron chi connectivity index (χ2n) is 5.85. The van der Waals surface area contributed by atoms with E-state index in [-0.39, 0.29) is 18.6 Å². The minimum atomic E-state index is -0.169. The highest BCUT2D eigenvalue weighted by molar-refractivity contribution is 5.96. The smallest absolute Gasteiger partial charge is 0.254 e. The number of carbonyl (C=O) groups is 1. The summed E-state index contributed by atoms with van der Waals surface area (Å²) >= 11 is 0. The zero-order valence-corrected chi connectivity index (χ0v) is 13.0. The van der Waals surface area contributed by atoms with Crippen LogP contribution in [0.4, 0.5) is 0 Å². The first-order valence-electron chi connectivity index (χ1n) is 7.56. The van der Waals surface area contributed by atoms with Gasteiger partial charge in [0, 0.05) is 23.7 Å². The zero-order valence-electron chi connectivity index (χ0n) is 13.0. The molecule has 0 aliphatic carbocycles. The number of aliphatic hydroxyl groups is 1. The topological polar surface area (TPSA) is 40.5 Å². The first kappa shape index (κ1) is 15.6. The SMILES string of the molecule is Cc1ccc(C#CCO)cc1C(=O)N1CCCC(C)C1C. The maximum Gasteiger partial charge on any atom is 0.254 e. The molecule has 0 bridgehead atoms. The summed E-state index contributed by atoms with van der Waals surface area (Å²) in [6.45, 7) is 6.95. The van der Waals surface area contributed by atoms with Crippen LogP contribution < -0.4 is 0 Å². The molecule has 1 aliphatic heterocycles. The molecule has 1 saturated heterocycles. The third-order valence-corrected chi connectivity index (χ3v) is 4.41. The molecule has 21 heavy (non-hydrogen) atoms. The Balaban J connectivity index is 2.29. The Morgan fingerprint density at radius 3 is 2.90 bits per heavy atom. The van der Waals surface area contributed by atoms with E-state index < -0.39 is 0 Å². The highest BCUT2D eigenvalue weighted by Gasteiger charge is 2.29. The van der Waals surface area contributed by atoms with Gasteiger partial charge in [-0.2, -0.15) is 0 Å². The number of carbonyl (C=O) groups excluding carboxylic acids is 1. The summed E-state index contributed by atoms with van der Waals surface area (Å²) in [5.41, 5.74) is 2.47. The Morgan fingerprint density at radius 1 is 1.43 bits per heavy atom. The largest absolute Gasteiger partial charge is 0.384 e. The van der Waals surface area contributed by atoms with E-state index in [4.69, 9.17) is 5.11 Å². The molecule has 2 atom stereocenters. The van der Waals surface area contributed by atoms with Gasteiger partial charge in [0.2, 0.25) is 0 Å². The van der Waals surface area contributed by atoms with Gasteiger partial charge in [0.15, 0.2) is 0 Å². The number of hydrogen-bond acceptors (Lipinski definition) is 2. The van der Waals surface area contributed by atoms with Crippen LogP contribution in [0.5, 0.6) is 0 Å². The lowest BCUT2D eigenvalue weighted by Gasteiger charge is -2.38. The minimum absolute atomic E-state index is 0.0965. The van der Waals surface area contributed by atoms with Crippen molar-refractivity contribution in [2.24, 2.45) is 5.92 Å². The Bertz CT molecular complexity index is 583. The lowest BCUT2D eigenvalue weighted by atomic mass is 9.91. The zero-order chi connectivity index (χ0) is 15.4. The van der Waals surface area contributed by atoms with Gasteiger partial charge in [0.25, 0.3) is 5.91 Å². The van der Waals surface area contributed by atoms with Crippen molar-refractivity contribution in [3.63, 3.8) is 0 Å². The normalized spacial score (nSPS) is 21.6. The second-order valence-corrected chi connectivity index (χ2v) is 5.85. The third kappa shape index (κ3) is 3.46. The Labute approximate surface area is 127 Å². The summed E-state index contributed by atoms with van der Waals surface area (Å²) in [6.07, 6.45) is 2.26. The Kier molecular flexibility index (Phi) is 5.03. The molecule has 1 aromatic carbocycles. The molecule has 0 spiro atoms. The van der Waals surface area contributed by atoms with Crippen molar-refractivity contribution in [1.29, 1.82) is 0 Å². The summed E-state index contributed by atoms with van der Waals surface area (Å²) in [7, 11) is 0. The summed E-state index contributed by atoms with van der Waals surface area (Å²) < 4.78 is 0. The van der Waals surface area contributed by atoms with Crippen LogP contribution in [-0.4, -0.2) is 35.1 Å². The predicted molar refractivity (Wildman–Crippen MR) is 84.0 cm³/mol. The molecular weight excluding hydrogens is 262 g/mol. The van der Waals surface area contributed by atoms with Gasteiger partial charge in [0.1, 0.15) is 6.61 Å². The van der Waals surface area contributed by atoms with E-state index in [1.807, 2.05) is 30.0 Å². The summed E-state index contributed by atoms with van der Waals surface area (Å²) in [5, 5.41) is 8.78. The van der Waals surface area contributed by atoms with Crippen LogP contribution in [0.15, 0.2) is 18.2 Å². The first-order chi connectivity index (χ1) is 10.0.